The molecule has 2 amide bonds. The molecule has 1 atom stereocenters. The lowest BCUT2D eigenvalue weighted by atomic mass is 10.1. The van der Waals surface area contributed by atoms with Crippen LogP contribution in [0, 0.1) is 30.5 Å². The van der Waals surface area contributed by atoms with E-state index in [0.29, 0.717) is 6.54 Å². The second-order valence-corrected chi connectivity index (χ2v) is 6.53. The van der Waals surface area contributed by atoms with Gasteiger partial charge < -0.3 is 15.0 Å². The molecule has 2 aromatic rings. The van der Waals surface area contributed by atoms with Crippen molar-refractivity contribution in [2.24, 2.45) is 5.92 Å². The van der Waals surface area contributed by atoms with Gasteiger partial charge in [-0.1, -0.05) is 41.7 Å². The SMILES string of the molecule is Cc1ccc(N2CC(C(=O)NCC#CCOc3ccccc3F)CC2=O)cc1. The van der Waals surface area contributed by atoms with Crippen molar-refractivity contribution in [2.45, 2.75) is 13.3 Å². The Bertz CT molecular complexity index is 915. The summed E-state index contributed by atoms with van der Waals surface area (Å²) in [6, 6.07) is 13.7. The maximum absolute atomic E-state index is 13.4. The summed E-state index contributed by atoms with van der Waals surface area (Å²) in [5, 5.41) is 2.72. The molecular weight excluding hydrogens is 359 g/mol. The number of hydrogen-bond donors (Lipinski definition) is 1. The number of ether oxygens (including phenoxy) is 1. The van der Waals surface area contributed by atoms with Crippen LogP contribution in [0.3, 0.4) is 0 Å². The Balaban J connectivity index is 1.44. The number of nitrogens with zero attached hydrogens (tertiary/aromatic N) is 1. The quantitative estimate of drug-likeness (QED) is 0.812. The molecule has 0 spiro atoms. The molecule has 2 aromatic carbocycles. The van der Waals surface area contributed by atoms with Gasteiger partial charge in [0.2, 0.25) is 11.8 Å². The molecule has 28 heavy (non-hydrogen) atoms. The first-order valence-electron chi connectivity index (χ1n) is 9.02. The number of amides is 2. The van der Waals surface area contributed by atoms with E-state index in [4.69, 9.17) is 4.74 Å². The minimum Gasteiger partial charge on any atom is -0.478 e. The van der Waals surface area contributed by atoms with E-state index in [2.05, 4.69) is 17.2 Å². The van der Waals surface area contributed by atoms with Crippen LogP contribution in [-0.4, -0.2) is 31.5 Å². The maximum atomic E-state index is 13.4. The fourth-order valence-corrected chi connectivity index (χ4v) is 2.92. The standard InChI is InChI=1S/C22H21FN2O3/c1-16-8-10-18(11-9-16)25-15-17(14-21(25)26)22(27)24-12-4-5-13-28-20-7-3-2-6-19(20)23/h2-3,6-11,17H,12-15H2,1H3,(H,24,27). The third kappa shape index (κ3) is 4.89. The van der Waals surface area contributed by atoms with Crippen molar-refractivity contribution in [3.63, 3.8) is 0 Å². The monoisotopic (exact) mass is 380 g/mol. The van der Waals surface area contributed by atoms with Gasteiger partial charge in [0.15, 0.2) is 11.6 Å². The number of carbonyl (C=O) groups excluding carboxylic acids is 2. The van der Waals surface area contributed by atoms with E-state index < -0.39 is 11.7 Å². The zero-order chi connectivity index (χ0) is 19.9. The smallest absolute Gasteiger partial charge is 0.227 e. The first-order chi connectivity index (χ1) is 13.5. The molecule has 3 rings (SSSR count). The van der Waals surface area contributed by atoms with Gasteiger partial charge in [-0.25, -0.2) is 4.39 Å². The summed E-state index contributed by atoms with van der Waals surface area (Å²) in [7, 11) is 0. The minimum absolute atomic E-state index is 0.0277. The predicted octanol–water partition coefficient (Wildman–Crippen LogP) is 2.69. The van der Waals surface area contributed by atoms with Gasteiger partial charge in [-0.05, 0) is 31.2 Å². The number of hydrogen-bond acceptors (Lipinski definition) is 3. The number of halogens is 1. The van der Waals surface area contributed by atoms with E-state index in [1.54, 1.807) is 17.0 Å². The zero-order valence-corrected chi connectivity index (χ0v) is 15.6. The minimum atomic E-state index is -0.443. The number of benzene rings is 2. The highest BCUT2D eigenvalue weighted by Crippen LogP contribution is 2.25. The van der Waals surface area contributed by atoms with Crippen molar-refractivity contribution in [1.29, 1.82) is 0 Å². The van der Waals surface area contributed by atoms with Gasteiger partial charge >= 0.3 is 0 Å². The van der Waals surface area contributed by atoms with Crippen LogP contribution in [0.2, 0.25) is 0 Å². The van der Waals surface area contributed by atoms with Crippen molar-refractivity contribution in [3.8, 4) is 17.6 Å². The van der Waals surface area contributed by atoms with Gasteiger partial charge in [0, 0.05) is 18.7 Å². The number of aryl methyl sites for hydroxylation is 1. The van der Waals surface area contributed by atoms with Gasteiger partial charge in [-0.3, -0.25) is 9.59 Å². The molecule has 1 unspecified atom stereocenters. The fourth-order valence-electron chi connectivity index (χ4n) is 2.92. The Kier molecular flexibility index (Phi) is 6.28. The summed E-state index contributed by atoms with van der Waals surface area (Å²) in [5.41, 5.74) is 1.92. The van der Waals surface area contributed by atoms with Gasteiger partial charge in [0.25, 0.3) is 0 Å². The van der Waals surface area contributed by atoms with Crippen molar-refractivity contribution in [3.05, 3.63) is 59.9 Å². The highest BCUT2D eigenvalue weighted by atomic mass is 19.1. The van der Waals surface area contributed by atoms with Crippen molar-refractivity contribution < 1.29 is 18.7 Å². The van der Waals surface area contributed by atoms with Gasteiger partial charge in [-0.15, -0.1) is 0 Å². The molecule has 0 aromatic heterocycles. The third-order valence-electron chi connectivity index (χ3n) is 4.45. The second kappa shape index (κ2) is 9.05. The number of rotatable bonds is 5. The molecule has 0 saturated carbocycles. The molecule has 6 heteroatoms. The summed E-state index contributed by atoms with van der Waals surface area (Å²) in [6.07, 6.45) is 0.184. The normalized spacial score (nSPS) is 15.7. The maximum Gasteiger partial charge on any atom is 0.227 e. The molecule has 1 saturated heterocycles. The average Bonchev–Trinajstić information content (AvgIpc) is 3.08. The second-order valence-electron chi connectivity index (χ2n) is 6.53. The Labute approximate surface area is 163 Å². The molecule has 0 bridgehead atoms. The summed E-state index contributed by atoms with van der Waals surface area (Å²) >= 11 is 0. The van der Waals surface area contributed by atoms with Gasteiger partial charge in [0.1, 0.15) is 6.61 Å². The molecule has 1 N–H and O–H groups in total. The Morgan fingerprint density at radius 1 is 1.21 bits per heavy atom. The van der Waals surface area contributed by atoms with Crippen LogP contribution < -0.4 is 15.0 Å². The van der Waals surface area contributed by atoms with E-state index in [1.165, 1.54) is 12.1 Å². The van der Waals surface area contributed by atoms with Crippen molar-refractivity contribution in [2.75, 3.05) is 24.6 Å². The Morgan fingerprint density at radius 3 is 2.71 bits per heavy atom. The lowest BCUT2D eigenvalue weighted by Crippen LogP contribution is -2.33. The first-order valence-corrected chi connectivity index (χ1v) is 9.02. The van der Waals surface area contributed by atoms with Gasteiger partial charge in [-0.2, -0.15) is 0 Å². The van der Waals surface area contributed by atoms with Crippen LogP contribution in [0.4, 0.5) is 10.1 Å². The first kappa shape index (κ1) is 19.4. The highest BCUT2D eigenvalue weighted by molar-refractivity contribution is 6.00. The number of nitrogens with one attached hydrogen (secondary N) is 1. The summed E-state index contributed by atoms with van der Waals surface area (Å²) in [4.78, 5) is 26.1. The zero-order valence-electron chi connectivity index (χ0n) is 15.6. The summed E-state index contributed by atoms with van der Waals surface area (Å²) < 4.78 is 18.6. The number of anilines is 1. The summed E-state index contributed by atoms with van der Waals surface area (Å²) in [5.74, 6) is 4.52. The summed E-state index contributed by atoms with van der Waals surface area (Å²) in [6.45, 7) is 2.51. The fraction of sp³-hybridized carbons (Fsp3) is 0.273. The van der Waals surface area contributed by atoms with E-state index in [-0.39, 0.29) is 37.1 Å². The van der Waals surface area contributed by atoms with Crippen LogP contribution >= 0.6 is 0 Å². The van der Waals surface area contributed by atoms with E-state index in [1.807, 2.05) is 31.2 Å². The van der Waals surface area contributed by atoms with Crippen molar-refractivity contribution in [1.82, 2.24) is 5.32 Å². The topological polar surface area (TPSA) is 58.6 Å². The lowest BCUT2D eigenvalue weighted by molar-refractivity contribution is -0.126. The van der Waals surface area contributed by atoms with E-state index >= 15 is 0 Å². The molecule has 5 nitrogen and oxygen atoms in total. The Hall–Kier alpha value is -3.33. The molecule has 0 aliphatic carbocycles. The highest BCUT2D eigenvalue weighted by Gasteiger charge is 2.34. The molecule has 144 valence electrons. The van der Waals surface area contributed by atoms with Crippen LogP contribution in [0.25, 0.3) is 0 Å². The molecule has 1 aliphatic heterocycles. The molecule has 0 radical (unpaired) electrons. The number of carbonyl (C=O) groups is 2. The third-order valence-corrected chi connectivity index (χ3v) is 4.45. The molecule has 1 aliphatic rings. The van der Waals surface area contributed by atoms with Crippen LogP contribution in [0.1, 0.15) is 12.0 Å². The molecule has 1 fully saturated rings. The van der Waals surface area contributed by atoms with Crippen molar-refractivity contribution >= 4 is 17.5 Å². The lowest BCUT2D eigenvalue weighted by Gasteiger charge is -2.16. The molecular formula is C22H21FN2O3. The van der Waals surface area contributed by atoms with Crippen LogP contribution in [0.15, 0.2) is 48.5 Å². The molecule has 1 heterocycles. The predicted molar refractivity (Wildman–Crippen MR) is 104 cm³/mol. The van der Waals surface area contributed by atoms with Crippen LogP contribution in [-0.2, 0) is 9.59 Å². The average molecular weight is 380 g/mol. The Morgan fingerprint density at radius 2 is 1.96 bits per heavy atom. The largest absolute Gasteiger partial charge is 0.478 e. The van der Waals surface area contributed by atoms with Crippen LogP contribution in [0.5, 0.6) is 5.75 Å². The van der Waals surface area contributed by atoms with E-state index in [0.717, 1.165) is 11.3 Å². The van der Waals surface area contributed by atoms with Gasteiger partial charge in [0.05, 0.1) is 12.5 Å². The van der Waals surface area contributed by atoms with E-state index in [9.17, 15) is 14.0 Å². The number of para-hydroxylation sites is 1.